The van der Waals surface area contributed by atoms with E-state index in [1.54, 1.807) is 24.5 Å². The molecule has 0 radical (unpaired) electrons. The molecule has 1 saturated carbocycles. The van der Waals surface area contributed by atoms with Crippen LogP contribution in [0.25, 0.3) is 11.1 Å². The minimum Gasteiger partial charge on any atom is -0.333 e. The lowest BCUT2D eigenvalue weighted by atomic mass is 10.0. The lowest BCUT2D eigenvalue weighted by Crippen LogP contribution is -2.45. The predicted octanol–water partition coefficient (Wildman–Crippen LogP) is 2.00. The molecule has 114 valence electrons. The van der Waals surface area contributed by atoms with Crippen LogP contribution in [0.4, 0.5) is 9.18 Å². The fourth-order valence-corrected chi connectivity index (χ4v) is 3.46. The van der Waals surface area contributed by atoms with Gasteiger partial charge in [0.15, 0.2) is 0 Å². The van der Waals surface area contributed by atoms with Crippen LogP contribution >= 0.6 is 0 Å². The van der Waals surface area contributed by atoms with E-state index in [2.05, 4.69) is 15.7 Å². The van der Waals surface area contributed by atoms with Crippen LogP contribution in [0.3, 0.4) is 0 Å². The second kappa shape index (κ2) is 5.21. The lowest BCUT2D eigenvalue weighted by molar-refractivity contribution is 0.230. The van der Waals surface area contributed by atoms with Gasteiger partial charge in [0.2, 0.25) is 0 Å². The van der Waals surface area contributed by atoms with Crippen molar-refractivity contribution in [3.05, 3.63) is 42.5 Å². The average molecular weight is 300 g/mol. The molecule has 2 fully saturated rings. The largest absolute Gasteiger partial charge is 0.342 e. The maximum atomic E-state index is 12.9. The maximum Gasteiger partial charge on any atom is 0.342 e. The van der Waals surface area contributed by atoms with Crippen molar-refractivity contribution in [2.24, 2.45) is 5.92 Å². The third kappa shape index (κ3) is 2.39. The van der Waals surface area contributed by atoms with E-state index in [1.807, 2.05) is 0 Å². The third-order valence-electron chi connectivity index (χ3n) is 4.64. The molecule has 2 aliphatic rings. The molecule has 6 heteroatoms. The first-order valence-electron chi connectivity index (χ1n) is 7.54. The van der Waals surface area contributed by atoms with Crippen molar-refractivity contribution in [3.63, 3.8) is 0 Å². The summed E-state index contributed by atoms with van der Waals surface area (Å²) >= 11 is 0. The van der Waals surface area contributed by atoms with Crippen LogP contribution in [-0.2, 0) is 0 Å². The van der Waals surface area contributed by atoms with Crippen molar-refractivity contribution < 1.29 is 9.18 Å². The van der Waals surface area contributed by atoms with Gasteiger partial charge in [-0.3, -0.25) is 0 Å². The van der Waals surface area contributed by atoms with Gasteiger partial charge in [-0.05, 0) is 36.5 Å². The molecule has 1 aromatic heterocycles. The number of nitrogens with zero attached hydrogens (tertiary/aromatic N) is 2. The van der Waals surface area contributed by atoms with Crippen molar-refractivity contribution in [2.75, 3.05) is 6.54 Å². The number of hydrogen-bond acceptors (Lipinski definition) is 3. The SMILES string of the molecule is O=C(NC1CC2CC1CN2)n1cc(-c2ccc(F)cc2)cn1. The Hall–Kier alpha value is -2.21. The van der Waals surface area contributed by atoms with Crippen molar-refractivity contribution in [1.29, 1.82) is 0 Å². The molecule has 4 rings (SSSR count). The van der Waals surface area contributed by atoms with Gasteiger partial charge in [-0.1, -0.05) is 12.1 Å². The number of halogens is 1. The lowest BCUT2D eigenvalue weighted by Gasteiger charge is -2.23. The molecular weight excluding hydrogens is 283 g/mol. The Morgan fingerprint density at radius 2 is 2.09 bits per heavy atom. The number of piperidine rings is 1. The Morgan fingerprint density at radius 3 is 2.77 bits per heavy atom. The van der Waals surface area contributed by atoms with Gasteiger partial charge in [0.25, 0.3) is 0 Å². The zero-order valence-electron chi connectivity index (χ0n) is 12.0. The number of rotatable bonds is 2. The molecule has 2 heterocycles. The third-order valence-corrected chi connectivity index (χ3v) is 4.64. The highest BCUT2D eigenvalue weighted by Crippen LogP contribution is 2.31. The van der Waals surface area contributed by atoms with Gasteiger partial charge in [0, 0.05) is 30.4 Å². The smallest absolute Gasteiger partial charge is 0.333 e. The Bertz CT molecular complexity index is 696. The fraction of sp³-hybridized carbons (Fsp3) is 0.375. The zero-order chi connectivity index (χ0) is 15.1. The monoisotopic (exact) mass is 300 g/mol. The predicted molar refractivity (Wildman–Crippen MR) is 79.9 cm³/mol. The summed E-state index contributed by atoms with van der Waals surface area (Å²) in [6, 6.07) is 6.72. The fourth-order valence-electron chi connectivity index (χ4n) is 3.46. The van der Waals surface area contributed by atoms with Gasteiger partial charge in [-0.15, -0.1) is 0 Å². The van der Waals surface area contributed by atoms with Gasteiger partial charge in [-0.25, -0.2) is 9.18 Å². The van der Waals surface area contributed by atoms with E-state index < -0.39 is 0 Å². The number of nitrogens with one attached hydrogen (secondary N) is 2. The summed E-state index contributed by atoms with van der Waals surface area (Å²) in [5.41, 5.74) is 1.63. The number of carbonyl (C=O) groups is 1. The van der Waals surface area contributed by atoms with Crippen molar-refractivity contribution in [2.45, 2.75) is 24.9 Å². The molecule has 3 unspecified atom stereocenters. The minimum absolute atomic E-state index is 0.203. The molecule has 5 nitrogen and oxygen atoms in total. The van der Waals surface area contributed by atoms with Crippen LogP contribution in [0.5, 0.6) is 0 Å². The highest BCUT2D eigenvalue weighted by Gasteiger charge is 2.40. The molecule has 0 spiro atoms. The average Bonchev–Trinajstić information content (AvgIpc) is 3.24. The first kappa shape index (κ1) is 13.5. The summed E-state index contributed by atoms with van der Waals surface area (Å²) in [4.78, 5) is 12.3. The van der Waals surface area contributed by atoms with Gasteiger partial charge >= 0.3 is 6.03 Å². The molecule has 1 saturated heterocycles. The van der Waals surface area contributed by atoms with Gasteiger partial charge in [0.1, 0.15) is 5.82 Å². The summed E-state index contributed by atoms with van der Waals surface area (Å²) in [6.07, 6.45) is 5.43. The Labute approximate surface area is 127 Å². The molecule has 3 atom stereocenters. The molecule has 22 heavy (non-hydrogen) atoms. The van der Waals surface area contributed by atoms with E-state index in [1.165, 1.54) is 16.8 Å². The quantitative estimate of drug-likeness (QED) is 0.892. The van der Waals surface area contributed by atoms with Crippen molar-refractivity contribution >= 4 is 6.03 Å². The number of carbonyl (C=O) groups excluding carboxylic acids is 1. The molecule has 1 aliphatic heterocycles. The van der Waals surface area contributed by atoms with Crippen LogP contribution in [0, 0.1) is 11.7 Å². The molecule has 2 N–H and O–H groups in total. The number of fused-ring (bicyclic) bond motifs is 2. The molecule has 1 aliphatic carbocycles. The minimum atomic E-state index is -0.279. The standard InChI is InChI=1S/C16H17FN4O/c17-13-3-1-10(2-4-13)12-8-19-21(9-12)16(22)20-15-6-14-5-11(15)7-18-14/h1-4,8-9,11,14-15,18H,5-7H2,(H,20,22). The summed E-state index contributed by atoms with van der Waals surface area (Å²) < 4.78 is 14.3. The van der Waals surface area contributed by atoms with E-state index in [0.29, 0.717) is 12.0 Å². The van der Waals surface area contributed by atoms with Crippen molar-refractivity contribution in [3.8, 4) is 11.1 Å². The van der Waals surface area contributed by atoms with E-state index in [0.717, 1.165) is 30.5 Å². The molecular formula is C16H17FN4O. The number of benzene rings is 1. The van der Waals surface area contributed by atoms with Crippen molar-refractivity contribution in [1.82, 2.24) is 20.4 Å². The van der Waals surface area contributed by atoms with Crippen LogP contribution in [0.1, 0.15) is 12.8 Å². The summed E-state index contributed by atoms with van der Waals surface area (Å²) in [7, 11) is 0. The Morgan fingerprint density at radius 1 is 1.27 bits per heavy atom. The second-order valence-corrected chi connectivity index (χ2v) is 6.07. The van der Waals surface area contributed by atoms with E-state index in [4.69, 9.17) is 0 Å². The highest BCUT2D eigenvalue weighted by molar-refractivity contribution is 5.77. The Balaban J connectivity index is 1.46. The second-order valence-electron chi connectivity index (χ2n) is 6.07. The number of amides is 1. The zero-order valence-corrected chi connectivity index (χ0v) is 12.0. The van der Waals surface area contributed by atoms with Gasteiger partial charge in [0.05, 0.1) is 6.20 Å². The van der Waals surface area contributed by atoms with Gasteiger partial charge in [-0.2, -0.15) is 9.78 Å². The van der Waals surface area contributed by atoms with E-state index in [9.17, 15) is 9.18 Å². The maximum absolute atomic E-state index is 12.9. The molecule has 1 aromatic carbocycles. The first-order chi connectivity index (χ1) is 10.7. The summed E-state index contributed by atoms with van der Waals surface area (Å²) in [6.45, 7) is 0.982. The highest BCUT2D eigenvalue weighted by atomic mass is 19.1. The van der Waals surface area contributed by atoms with E-state index in [-0.39, 0.29) is 17.9 Å². The molecule has 1 amide bonds. The summed E-state index contributed by atoms with van der Waals surface area (Å²) in [5, 5.41) is 10.6. The van der Waals surface area contributed by atoms with Gasteiger partial charge < -0.3 is 10.6 Å². The molecule has 2 aromatic rings. The Kier molecular flexibility index (Phi) is 3.18. The van der Waals surface area contributed by atoms with Crippen LogP contribution in [0.2, 0.25) is 0 Å². The molecule has 2 bridgehead atoms. The summed E-state index contributed by atoms with van der Waals surface area (Å²) in [5.74, 6) is 0.250. The number of hydrogen-bond donors (Lipinski definition) is 2. The van der Waals surface area contributed by atoms with Crippen LogP contribution in [-0.4, -0.2) is 34.4 Å². The number of aromatic nitrogens is 2. The topological polar surface area (TPSA) is 59.0 Å². The van der Waals surface area contributed by atoms with E-state index >= 15 is 0 Å². The first-order valence-corrected chi connectivity index (χ1v) is 7.54. The normalized spacial score (nSPS) is 26.3. The van der Waals surface area contributed by atoms with Crippen LogP contribution in [0.15, 0.2) is 36.7 Å². The van der Waals surface area contributed by atoms with Crippen LogP contribution < -0.4 is 10.6 Å².